The first-order valence-corrected chi connectivity index (χ1v) is 8.34. The Hall–Kier alpha value is -1.04. The van der Waals surface area contributed by atoms with Gasteiger partial charge in [-0.2, -0.15) is 0 Å². The Bertz CT molecular complexity index is 612. The van der Waals surface area contributed by atoms with Gasteiger partial charge in [0.2, 0.25) is 0 Å². The van der Waals surface area contributed by atoms with Crippen LogP contribution < -0.4 is 14.8 Å². The smallest absolute Gasteiger partial charge is 0.160 e. The summed E-state index contributed by atoms with van der Waals surface area (Å²) in [7, 11) is 5.31. The number of methoxy groups -OCH3 is 2. The summed E-state index contributed by atoms with van der Waals surface area (Å²) in [6.07, 6.45) is 0.898. The Morgan fingerprint density at radius 2 is 1.90 bits per heavy atom. The maximum absolute atomic E-state index is 5.37. The van der Waals surface area contributed by atoms with Gasteiger partial charge in [-0.1, -0.05) is 6.07 Å². The van der Waals surface area contributed by atoms with Gasteiger partial charge in [-0.3, -0.25) is 0 Å². The van der Waals surface area contributed by atoms with Gasteiger partial charge < -0.3 is 14.8 Å². The maximum atomic E-state index is 5.37. The Balaban J connectivity index is 2.24. The van der Waals surface area contributed by atoms with Crippen LogP contribution in [0.1, 0.15) is 21.4 Å². The van der Waals surface area contributed by atoms with Crippen molar-refractivity contribution in [1.29, 1.82) is 0 Å². The van der Waals surface area contributed by atoms with Crippen molar-refractivity contribution in [1.82, 2.24) is 5.32 Å². The molecule has 3 nitrogen and oxygen atoms in total. The summed E-state index contributed by atoms with van der Waals surface area (Å²) < 4.78 is 11.8. The largest absolute Gasteiger partial charge is 0.493 e. The van der Waals surface area contributed by atoms with E-state index >= 15 is 0 Å². The lowest BCUT2D eigenvalue weighted by molar-refractivity contribution is 0.354. The van der Waals surface area contributed by atoms with E-state index in [1.165, 1.54) is 19.8 Å². The highest BCUT2D eigenvalue weighted by atomic mass is 79.9. The molecule has 0 amide bonds. The molecule has 1 aromatic heterocycles. The van der Waals surface area contributed by atoms with Crippen LogP contribution in [0.2, 0.25) is 0 Å². The van der Waals surface area contributed by atoms with Gasteiger partial charge in [-0.15, -0.1) is 11.3 Å². The van der Waals surface area contributed by atoms with Gasteiger partial charge in [0, 0.05) is 20.3 Å². The Morgan fingerprint density at radius 1 is 1.19 bits per heavy atom. The van der Waals surface area contributed by atoms with Crippen molar-refractivity contribution in [3.8, 4) is 11.5 Å². The van der Waals surface area contributed by atoms with E-state index in [4.69, 9.17) is 9.47 Å². The second kappa shape index (κ2) is 7.29. The normalized spacial score (nSPS) is 12.2. The van der Waals surface area contributed by atoms with E-state index in [-0.39, 0.29) is 6.04 Å². The first kappa shape index (κ1) is 16.3. The molecule has 0 saturated heterocycles. The second-order valence-electron chi connectivity index (χ2n) is 4.80. The summed E-state index contributed by atoms with van der Waals surface area (Å²) in [4.78, 5) is 2.63. The molecule has 0 aliphatic carbocycles. The number of likely N-dealkylation sites (N-methyl/N-ethyl adjacent to an activating group) is 1. The van der Waals surface area contributed by atoms with Crippen molar-refractivity contribution >= 4 is 27.3 Å². The van der Waals surface area contributed by atoms with Gasteiger partial charge in [0.25, 0.3) is 0 Å². The number of hydrogen-bond donors (Lipinski definition) is 1. The lowest BCUT2D eigenvalue weighted by atomic mass is 10.0. The van der Waals surface area contributed by atoms with Crippen LogP contribution >= 0.6 is 27.3 Å². The molecule has 2 rings (SSSR count). The predicted molar refractivity (Wildman–Crippen MR) is 91.8 cm³/mol. The van der Waals surface area contributed by atoms with Crippen LogP contribution in [0.15, 0.2) is 28.7 Å². The first-order chi connectivity index (χ1) is 10.1. The van der Waals surface area contributed by atoms with Crippen LogP contribution in [-0.2, 0) is 6.42 Å². The fourth-order valence-electron chi connectivity index (χ4n) is 2.31. The standard InChI is InChI=1S/C16H20BrNO2S/c1-10-7-12(17)16(21-10)13(18-2)8-11-5-6-14(19-3)15(9-11)20-4/h5-7,9,13,18H,8H2,1-4H3. The molecule has 1 heterocycles. The third-order valence-corrected chi connectivity index (χ3v) is 5.47. The molecule has 0 saturated carbocycles. The number of ether oxygens (including phenoxy) is 2. The number of thiophene rings is 1. The minimum absolute atomic E-state index is 0.274. The molecule has 1 atom stereocenters. The minimum Gasteiger partial charge on any atom is -0.493 e. The van der Waals surface area contributed by atoms with E-state index in [0.29, 0.717) is 0 Å². The lowest BCUT2D eigenvalue weighted by Gasteiger charge is -2.17. The molecule has 0 bridgehead atoms. The summed E-state index contributed by atoms with van der Waals surface area (Å²) in [5.41, 5.74) is 1.21. The number of halogens is 1. The van der Waals surface area contributed by atoms with Crippen LogP contribution in [0.25, 0.3) is 0 Å². The molecule has 0 spiro atoms. The number of hydrogen-bond acceptors (Lipinski definition) is 4. The van der Waals surface area contributed by atoms with Crippen LogP contribution in [0, 0.1) is 6.92 Å². The SMILES string of the molecule is CNC(Cc1ccc(OC)c(OC)c1)c1sc(C)cc1Br. The Morgan fingerprint density at radius 3 is 2.43 bits per heavy atom. The molecule has 5 heteroatoms. The monoisotopic (exact) mass is 369 g/mol. The van der Waals surface area contributed by atoms with Crippen molar-refractivity contribution in [2.45, 2.75) is 19.4 Å². The first-order valence-electron chi connectivity index (χ1n) is 6.73. The van der Waals surface area contributed by atoms with E-state index in [1.54, 1.807) is 14.2 Å². The Labute approximate surface area is 138 Å². The van der Waals surface area contributed by atoms with Crippen LogP contribution in [-0.4, -0.2) is 21.3 Å². The average molecular weight is 370 g/mol. The second-order valence-corrected chi connectivity index (χ2v) is 6.95. The van der Waals surface area contributed by atoms with E-state index < -0.39 is 0 Å². The number of aryl methyl sites for hydroxylation is 1. The van der Waals surface area contributed by atoms with Gasteiger partial charge >= 0.3 is 0 Å². The molecule has 0 aliphatic heterocycles. The summed E-state index contributed by atoms with van der Waals surface area (Å²) in [6, 6.07) is 8.52. The quantitative estimate of drug-likeness (QED) is 0.821. The number of nitrogens with one attached hydrogen (secondary N) is 1. The molecule has 0 radical (unpaired) electrons. The summed E-state index contributed by atoms with van der Waals surface area (Å²) in [5, 5.41) is 3.40. The fraction of sp³-hybridized carbons (Fsp3) is 0.375. The molecule has 1 N–H and O–H groups in total. The molecular formula is C16H20BrNO2S. The lowest BCUT2D eigenvalue weighted by Crippen LogP contribution is -2.18. The average Bonchev–Trinajstić information content (AvgIpc) is 2.83. The molecule has 1 unspecified atom stereocenters. The highest BCUT2D eigenvalue weighted by Gasteiger charge is 2.17. The zero-order valence-electron chi connectivity index (χ0n) is 12.7. The van der Waals surface area contributed by atoms with E-state index in [0.717, 1.165) is 17.9 Å². The molecule has 2 aromatic rings. The van der Waals surface area contributed by atoms with Crippen molar-refractivity contribution in [3.05, 3.63) is 44.1 Å². The zero-order valence-corrected chi connectivity index (χ0v) is 15.1. The van der Waals surface area contributed by atoms with Gasteiger partial charge in [0.15, 0.2) is 11.5 Å². The molecule has 0 fully saturated rings. The van der Waals surface area contributed by atoms with Crippen LogP contribution in [0.5, 0.6) is 11.5 Å². The van der Waals surface area contributed by atoms with E-state index in [9.17, 15) is 0 Å². The highest BCUT2D eigenvalue weighted by molar-refractivity contribution is 9.10. The third-order valence-electron chi connectivity index (χ3n) is 3.39. The molecule has 114 valence electrons. The van der Waals surface area contributed by atoms with Crippen molar-refractivity contribution in [3.63, 3.8) is 0 Å². The zero-order chi connectivity index (χ0) is 15.4. The minimum atomic E-state index is 0.274. The van der Waals surface area contributed by atoms with Crippen molar-refractivity contribution in [2.24, 2.45) is 0 Å². The number of benzene rings is 1. The molecule has 1 aromatic carbocycles. The van der Waals surface area contributed by atoms with Crippen molar-refractivity contribution in [2.75, 3.05) is 21.3 Å². The molecular weight excluding hydrogens is 350 g/mol. The summed E-state index contributed by atoms with van der Waals surface area (Å²) >= 11 is 5.47. The molecule has 21 heavy (non-hydrogen) atoms. The van der Waals surface area contributed by atoms with Gasteiger partial charge in [0.05, 0.1) is 14.2 Å². The van der Waals surface area contributed by atoms with Crippen molar-refractivity contribution < 1.29 is 9.47 Å². The topological polar surface area (TPSA) is 30.5 Å². The molecule has 0 aliphatic rings. The van der Waals surface area contributed by atoms with Crippen LogP contribution in [0.3, 0.4) is 0 Å². The van der Waals surface area contributed by atoms with Crippen LogP contribution in [0.4, 0.5) is 0 Å². The summed E-state index contributed by atoms with van der Waals surface area (Å²) in [6.45, 7) is 2.13. The van der Waals surface area contributed by atoms with Gasteiger partial charge in [-0.25, -0.2) is 0 Å². The fourth-order valence-corrected chi connectivity index (χ4v) is 4.35. The Kier molecular flexibility index (Phi) is 5.67. The third kappa shape index (κ3) is 3.78. The summed E-state index contributed by atoms with van der Waals surface area (Å²) in [5.74, 6) is 1.53. The predicted octanol–water partition coefficient (Wildman–Crippen LogP) is 4.34. The maximum Gasteiger partial charge on any atom is 0.160 e. The highest BCUT2D eigenvalue weighted by Crippen LogP contribution is 2.35. The number of rotatable bonds is 6. The van der Waals surface area contributed by atoms with Gasteiger partial charge in [-0.05, 0) is 60.1 Å². The van der Waals surface area contributed by atoms with Gasteiger partial charge in [0.1, 0.15) is 0 Å². The van der Waals surface area contributed by atoms with E-state index in [2.05, 4.69) is 40.3 Å². The van der Waals surface area contributed by atoms with E-state index in [1.807, 2.05) is 30.5 Å².